The number of ether oxygens (including phenoxy) is 1. The highest BCUT2D eigenvalue weighted by Gasteiger charge is 2.28. The van der Waals surface area contributed by atoms with Crippen LogP contribution in [0.4, 0.5) is 0 Å². The molecule has 0 unspecified atom stereocenters. The fraction of sp³-hybridized carbons (Fsp3) is 0.200. The van der Waals surface area contributed by atoms with Crippen molar-refractivity contribution in [1.82, 2.24) is 0 Å². The first-order valence-corrected chi connectivity index (χ1v) is 19.4. The summed E-state index contributed by atoms with van der Waals surface area (Å²) in [5.41, 5.74) is 12.8. The molecule has 0 aliphatic carbocycles. The lowest BCUT2D eigenvalue weighted by atomic mass is 10.0. The maximum Gasteiger partial charge on any atom is 0.127 e. The van der Waals surface area contributed by atoms with Crippen LogP contribution in [0.2, 0.25) is 0 Å². The van der Waals surface area contributed by atoms with E-state index in [1.165, 1.54) is 87.5 Å². The fourth-order valence-electron chi connectivity index (χ4n) is 7.20. The Morgan fingerprint density at radius 3 is 1.08 bits per heavy atom. The fourth-order valence-corrected chi connectivity index (χ4v) is 12.9. The average molecular weight is 665 g/mol. The van der Waals surface area contributed by atoms with E-state index in [4.69, 9.17) is 4.74 Å². The predicted molar refractivity (Wildman–Crippen MR) is 214 cm³/mol. The zero-order valence-corrected chi connectivity index (χ0v) is 31.6. The zero-order chi connectivity index (χ0) is 34.1. The second-order valence-electron chi connectivity index (χ2n) is 13.4. The minimum absolute atomic E-state index is 0.882. The number of benzene rings is 6. The quantitative estimate of drug-likeness (QED) is 0.147. The lowest BCUT2D eigenvalue weighted by molar-refractivity contribution is 0.417. The van der Waals surface area contributed by atoms with E-state index >= 15 is 0 Å². The second-order valence-corrected chi connectivity index (χ2v) is 17.8. The van der Waals surface area contributed by atoms with Crippen LogP contribution in [0, 0.1) is 55.4 Å². The number of hydrogen-bond acceptors (Lipinski definition) is 1. The molecule has 0 radical (unpaired) electrons. The molecular weight excluding hydrogens is 618 g/mol. The molecule has 3 heteroatoms. The van der Waals surface area contributed by atoms with Crippen LogP contribution in [0.3, 0.4) is 0 Å². The highest BCUT2D eigenvalue weighted by molar-refractivity contribution is 7.80. The molecule has 48 heavy (non-hydrogen) atoms. The summed E-state index contributed by atoms with van der Waals surface area (Å²) in [7, 11) is 0.0248. The molecule has 6 rings (SSSR count). The van der Waals surface area contributed by atoms with Crippen molar-refractivity contribution in [3.63, 3.8) is 0 Å². The highest BCUT2D eigenvalue weighted by atomic mass is 31.1. The van der Waals surface area contributed by atoms with Crippen molar-refractivity contribution < 1.29 is 4.74 Å². The summed E-state index contributed by atoms with van der Waals surface area (Å²) < 4.78 is 6.30. The van der Waals surface area contributed by atoms with Crippen LogP contribution >= 0.6 is 15.8 Å². The Labute approximate surface area is 290 Å². The van der Waals surface area contributed by atoms with Gasteiger partial charge in [0.05, 0.1) is 7.11 Å². The Kier molecular flexibility index (Phi) is 10.0. The van der Waals surface area contributed by atoms with Crippen LogP contribution in [0.5, 0.6) is 5.75 Å². The van der Waals surface area contributed by atoms with E-state index in [0.29, 0.717) is 0 Å². The van der Waals surface area contributed by atoms with Crippen LogP contribution in [-0.2, 0) is 0 Å². The Morgan fingerprint density at radius 1 is 0.375 bits per heavy atom. The van der Waals surface area contributed by atoms with Gasteiger partial charge in [-0.1, -0.05) is 154 Å². The first-order valence-electron chi connectivity index (χ1n) is 16.7. The monoisotopic (exact) mass is 664 g/mol. The molecule has 0 saturated heterocycles. The van der Waals surface area contributed by atoms with E-state index in [2.05, 4.69) is 171 Å². The lowest BCUT2D eigenvalue weighted by Crippen LogP contribution is -2.27. The van der Waals surface area contributed by atoms with Gasteiger partial charge in [-0.3, -0.25) is 0 Å². The number of aryl methyl sites for hydroxylation is 8. The van der Waals surface area contributed by atoms with Gasteiger partial charge in [-0.15, -0.1) is 0 Å². The lowest BCUT2D eigenvalue weighted by Gasteiger charge is -2.28. The third-order valence-electron chi connectivity index (χ3n) is 8.74. The van der Waals surface area contributed by atoms with Gasteiger partial charge in [0.15, 0.2) is 0 Å². The molecule has 0 heterocycles. The molecule has 0 spiro atoms. The molecule has 0 aliphatic heterocycles. The van der Waals surface area contributed by atoms with Crippen LogP contribution in [-0.4, -0.2) is 7.11 Å². The molecule has 242 valence electrons. The molecular formula is C45H46OP2. The van der Waals surface area contributed by atoms with Gasteiger partial charge >= 0.3 is 0 Å². The van der Waals surface area contributed by atoms with Crippen molar-refractivity contribution in [2.24, 2.45) is 0 Å². The van der Waals surface area contributed by atoms with Gasteiger partial charge in [0.25, 0.3) is 0 Å². The van der Waals surface area contributed by atoms with Gasteiger partial charge in [0.1, 0.15) is 5.75 Å². The summed E-state index contributed by atoms with van der Waals surface area (Å²) in [6.45, 7) is 17.7. The number of methoxy groups -OCH3 is 1. The summed E-state index contributed by atoms with van der Waals surface area (Å²) in [4.78, 5) is 0. The molecule has 6 aromatic rings. The van der Waals surface area contributed by atoms with Gasteiger partial charge in [0.2, 0.25) is 0 Å². The number of rotatable bonds is 8. The van der Waals surface area contributed by atoms with Crippen molar-refractivity contribution in [2.75, 3.05) is 7.11 Å². The summed E-state index contributed by atoms with van der Waals surface area (Å²) >= 11 is 0. The Hall–Kier alpha value is -4.02. The first kappa shape index (κ1) is 33.9. The van der Waals surface area contributed by atoms with Gasteiger partial charge in [-0.2, -0.15) is 0 Å². The molecule has 0 atom stereocenters. The maximum atomic E-state index is 6.30. The van der Waals surface area contributed by atoms with Crippen LogP contribution in [0.1, 0.15) is 44.5 Å². The summed E-state index contributed by atoms with van der Waals surface area (Å²) in [6.07, 6.45) is 0. The molecule has 0 aromatic heterocycles. The maximum absolute atomic E-state index is 6.30. The average Bonchev–Trinajstić information content (AvgIpc) is 3.00. The van der Waals surface area contributed by atoms with Crippen LogP contribution in [0.25, 0.3) is 11.1 Å². The van der Waals surface area contributed by atoms with Crippen LogP contribution < -0.4 is 36.6 Å². The molecule has 0 aliphatic rings. The standard InChI is InChI=1S/C45H46OP2/c1-29-17-30(2)22-37(21-29)47(38-23-31(3)18-32(4)24-38)43-15-11-10-13-41(43)45-42(46-9)14-12-16-44(45)48(39-25-33(5)19-34(6)26-39)40-27-35(7)20-36(8)28-40/h10-28H,1-9H3. The minimum Gasteiger partial charge on any atom is -0.496 e. The van der Waals surface area contributed by atoms with E-state index in [1.54, 1.807) is 0 Å². The van der Waals surface area contributed by atoms with E-state index in [9.17, 15) is 0 Å². The topological polar surface area (TPSA) is 9.23 Å². The number of hydrogen-bond donors (Lipinski definition) is 0. The molecule has 6 aromatic carbocycles. The molecule has 0 amide bonds. The van der Waals surface area contributed by atoms with E-state index < -0.39 is 15.8 Å². The Bertz CT molecular complexity index is 1940. The van der Waals surface area contributed by atoms with Crippen LogP contribution in [0.15, 0.2) is 115 Å². The SMILES string of the molecule is COc1cccc(P(c2cc(C)cc(C)c2)c2cc(C)cc(C)c2)c1-c1ccccc1P(c1cc(C)cc(C)c1)c1cc(C)cc(C)c1. The van der Waals surface area contributed by atoms with Gasteiger partial charge in [-0.05, 0) is 115 Å². The molecule has 0 saturated carbocycles. The van der Waals surface area contributed by atoms with Crippen molar-refractivity contribution in [2.45, 2.75) is 55.4 Å². The van der Waals surface area contributed by atoms with E-state index in [0.717, 1.165) is 5.75 Å². The van der Waals surface area contributed by atoms with Crippen molar-refractivity contribution in [1.29, 1.82) is 0 Å². The Morgan fingerprint density at radius 2 is 0.708 bits per heavy atom. The smallest absolute Gasteiger partial charge is 0.127 e. The van der Waals surface area contributed by atoms with Crippen molar-refractivity contribution in [3.8, 4) is 16.9 Å². The van der Waals surface area contributed by atoms with Crippen molar-refractivity contribution >= 4 is 47.7 Å². The molecule has 1 nitrogen and oxygen atoms in total. The largest absolute Gasteiger partial charge is 0.496 e. The summed E-state index contributed by atoms with van der Waals surface area (Å²) in [5, 5.41) is 8.16. The highest BCUT2D eigenvalue weighted by Crippen LogP contribution is 2.44. The van der Waals surface area contributed by atoms with Gasteiger partial charge < -0.3 is 4.74 Å². The van der Waals surface area contributed by atoms with Crippen molar-refractivity contribution in [3.05, 3.63) is 160 Å². The molecule has 0 bridgehead atoms. The second kappa shape index (κ2) is 14.2. The first-order chi connectivity index (χ1) is 23.0. The molecule has 0 N–H and O–H groups in total. The van der Waals surface area contributed by atoms with E-state index in [-0.39, 0.29) is 0 Å². The summed E-state index contributed by atoms with van der Waals surface area (Å²) in [5.74, 6) is 0.914. The third kappa shape index (κ3) is 7.20. The zero-order valence-electron chi connectivity index (χ0n) is 29.8. The summed E-state index contributed by atoms with van der Waals surface area (Å²) in [6, 6.07) is 44.1. The molecule has 0 fully saturated rings. The van der Waals surface area contributed by atoms with Gasteiger partial charge in [0, 0.05) is 5.56 Å². The van der Waals surface area contributed by atoms with Gasteiger partial charge in [-0.25, -0.2) is 0 Å². The van der Waals surface area contributed by atoms with E-state index in [1.807, 2.05) is 7.11 Å². The minimum atomic E-state index is -0.911. The Balaban J connectivity index is 1.69. The predicted octanol–water partition coefficient (Wildman–Crippen LogP) is 9.35. The third-order valence-corrected chi connectivity index (χ3v) is 13.6. The normalized spacial score (nSPS) is 11.4.